The number of carboxylic acids is 1. The van der Waals surface area contributed by atoms with Gasteiger partial charge in [-0.15, -0.1) is 0 Å². The highest BCUT2D eigenvalue weighted by Crippen LogP contribution is 2.19. The third-order valence-corrected chi connectivity index (χ3v) is 6.05. The fourth-order valence-electron chi connectivity index (χ4n) is 3.72. The molecule has 0 saturated carbocycles. The first-order chi connectivity index (χ1) is 16.8. The minimum atomic E-state index is -1.54. The van der Waals surface area contributed by atoms with Crippen LogP contribution in [0.25, 0.3) is 10.9 Å². The molecule has 8 N–H and O–H groups in total. The van der Waals surface area contributed by atoms with Crippen LogP contribution in [0.2, 0.25) is 0 Å². The molecule has 36 heavy (non-hydrogen) atoms. The van der Waals surface area contributed by atoms with Crippen molar-refractivity contribution in [2.75, 3.05) is 0 Å². The molecule has 198 valence electrons. The van der Waals surface area contributed by atoms with E-state index < -0.39 is 59.9 Å². The molecule has 5 atom stereocenters. The highest BCUT2D eigenvalue weighted by molar-refractivity contribution is 5.95. The summed E-state index contributed by atoms with van der Waals surface area (Å²) in [4.78, 5) is 53.5. The zero-order chi connectivity index (χ0) is 27.2. The average Bonchev–Trinajstić information content (AvgIpc) is 3.21. The second-order valence-electron chi connectivity index (χ2n) is 9.69. The maximum atomic E-state index is 13.4. The number of aliphatic carboxylic acids is 1. The summed E-state index contributed by atoms with van der Waals surface area (Å²) in [5, 5.41) is 27.5. The lowest BCUT2D eigenvalue weighted by Gasteiger charge is -2.28. The smallest absolute Gasteiger partial charge is 0.328 e. The summed E-state index contributed by atoms with van der Waals surface area (Å²) < 4.78 is 0. The lowest BCUT2D eigenvalue weighted by Crippen LogP contribution is -2.60. The lowest BCUT2D eigenvalue weighted by molar-refractivity contribution is -0.145. The molecule has 11 heteroatoms. The van der Waals surface area contributed by atoms with Crippen LogP contribution in [0.1, 0.15) is 40.2 Å². The van der Waals surface area contributed by atoms with Crippen molar-refractivity contribution < 1.29 is 29.4 Å². The number of aromatic amines is 1. The number of aliphatic hydroxyl groups excluding tert-OH is 1. The van der Waals surface area contributed by atoms with Gasteiger partial charge in [0.25, 0.3) is 0 Å². The molecule has 11 nitrogen and oxygen atoms in total. The van der Waals surface area contributed by atoms with Gasteiger partial charge in [0.15, 0.2) is 6.04 Å². The normalized spacial score (nSPS) is 15.7. The molecule has 0 fully saturated rings. The van der Waals surface area contributed by atoms with Crippen molar-refractivity contribution >= 4 is 34.6 Å². The number of aliphatic hydroxyl groups is 1. The average molecular weight is 504 g/mol. The van der Waals surface area contributed by atoms with E-state index in [0.29, 0.717) is 0 Å². The second kappa shape index (κ2) is 12.5. The summed E-state index contributed by atoms with van der Waals surface area (Å²) in [6.07, 6.45) is 0.539. The third kappa shape index (κ3) is 7.28. The van der Waals surface area contributed by atoms with Crippen LogP contribution in [0.3, 0.4) is 0 Å². The maximum Gasteiger partial charge on any atom is 0.328 e. The number of para-hydroxylation sites is 1. The lowest BCUT2D eigenvalue weighted by atomic mass is 9.99. The number of H-pyrrole nitrogens is 1. The summed E-state index contributed by atoms with van der Waals surface area (Å²) in [6.45, 7) is 8.19. The molecular weight excluding hydrogens is 466 g/mol. The van der Waals surface area contributed by atoms with Crippen molar-refractivity contribution in [3.8, 4) is 0 Å². The van der Waals surface area contributed by atoms with Crippen LogP contribution in [-0.4, -0.2) is 69.2 Å². The molecule has 0 aliphatic heterocycles. The molecule has 1 aromatic carbocycles. The molecule has 0 aliphatic carbocycles. The van der Waals surface area contributed by atoms with E-state index in [1.165, 1.54) is 6.92 Å². The minimum absolute atomic E-state index is 0.129. The zero-order valence-electron chi connectivity index (χ0n) is 21.2. The first-order valence-corrected chi connectivity index (χ1v) is 12.0. The van der Waals surface area contributed by atoms with Crippen molar-refractivity contribution in [2.24, 2.45) is 17.6 Å². The molecule has 2 aromatic rings. The van der Waals surface area contributed by atoms with Gasteiger partial charge in [-0.1, -0.05) is 45.9 Å². The summed E-state index contributed by atoms with van der Waals surface area (Å²) in [7, 11) is 0. The van der Waals surface area contributed by atoms with Crippen LogP contribution in [0, 0.1) is 11.8 Å². The van der Waals surface area contributed by atoms with Crippen LogP contribution in [0.15, 0.2) is 30.5 Å². The van der Waals surface area contributed by atoms with Crippen molar-refractivity contribution in [3.63, 3.8) is 0 Å². The van der Waals surface area contributed by atoms with Gasteiger partial charge in [0.1, 0.15) is 12.1 Å². The van der Waals surface area contributed by atoms with Crippen LogP contribution < -0.4 is 21.7 Å². The maximum absolute atomic E-state index is 13.4. The highest BCUT2D eigenvalue weighted by Gasteiger charge is 2.33. The Bertz CT molecular complexity index is 1080. The molecule has 1 heterocycles. The molecule has 1 aromatic heterocycles. The Morgan fingerprint density at radius 1 is 0.889 bits per heavy atom. The number of amides is 3. The number of nitrogens with two attached hydrogens (primary N) is 1. The molecule has 5 unspecified atom stereocenters. The van der Waals surface area contributed by atoms with E-state index in [1.54, 1.807) is 33.9 Å². The van der Waals surface area contributed by atoms with Crippen molar-refractivity contribution in [1.29, 1.82) is 0 Å². The van der Waals surface area contributed by atoms with Gasteiger partial charge < -0.3 is 36.9 Å². The number of hydrogen-bond acceptors (Lipinski definition) is 6. The molecule has 0 aliphatic rings. The summed E-state index contributed by atoms with van der Waals surface area (Å²) >= 11 is 0. The summed E-state index contributed by atoms with van der Waals surface area (Å²) in [6, 6.07) is 2.98. The number of carbonyl (C=O) groups is 4. The van der Waals surface area contributed by atoms with Crippen LogP contribution in [-0.2, 0) is 25.6 Å². The molecule has 0 bridgehead atoms. The van der Waals surface area contributed by atoms with Crippen molar-refractivity contribution in [1.82, 2.24) is 20.9 Å². The van der Waals surface area contributed by atoms with Crippen LogP contribution in [0.4, 0.5) is 0 Å². The Balaban J connectivity index is 2.30. The van der Waals surface area contributed by atoms with Gasteiger partial charge >= 0.3 is 5.97 Å². The Kier molecular flexibility index (Phi) is 10.00. The van der Waals surface area contributed by atoms with E-state index in [-0.39, 0.29) is 12.3 Å². The Hall–Kier alpha value is -3.44. The predicted octanol–water partition coefficient (Wildman–Crippen LogP) is 0.270. The Morgan fingerprint density at radius 2 is 1.50 bits per heavy atom. The fourth-order valence-corrected chi connectivity index (χ4v) is 3.72. The topological polar surface area (TPSA) is 187 Å². The quantitative estimate of drug-likeness (QED) is 0.216. The number of carboxylic acid groups (broad SMARTS) is 1. The Labute approximate surface area is 210 Å². The summed E-state index contributed by atoms with van der Waals surface area (Å²) in [5.41, 5.74) is 7.64. The SMILES string of the molecule is CC(C)C(N)C(=O)NC(Cc1c[nH]c2ccccc12)C(=O)NC(C(=O)NC(C(=O)O)C(C)O)C(C)C. The number of carbonyl (C=O) groups excluding carboxylic acids is 3. The van der Waals surface area contributed by atoms with E-state index in [4.69, 9.17) is 5.73 Å². The number of fused-ring (bicyclic) bond motifs is 1. The van der Waals surface area contributed by atoms with E-state index in [9.17, 15) is 29.4 Å². The molecule has 0 spiro atoms. The highest BCUT2D eigenvalue weighted by atomic mass is 16.4. The van der Waals surface area contributed by atoms with Gasteiger partial charge in [0, 0.05) is 23.5 Å². The molecule has 0 saturated heterocycles. The predicted molar refractivity (Wildman–Crippen MR) is 135 cm³/mol. The van der Waals surface area contributed by atoms with Crippen LogP contribution in [0.5, 0.6) is 0 Å². The number of nitrogens with one attached hydrogen (secondary N) is 4. The van der Waals surface area contributed by atoms with Gasteiger partial charge in [-0.05, 0) is 30.4 Å². The monoisotopic (exact) mass is 503 g/mol. The standard InChI is InChI=1S/C25H37N5O6/c1-12(2)19(26)23(33)28-18(10-15-11-27-17-9-7-6-8-16(15)17)22(32)29-20(13(3)4)24(34)30-21(14(5)31)25(35)36/h6-9,11-14,18-21,27,31H,10,26H2,1-5H3,(H,28,33)(H,29,32)(H,30,34)(H,35,36). The Morgan fingerprint density at radius 3 is 2.06 bits per heavy atom. The van der Waals surface area contributed by atoms with E-state index >= 15 is 0 Å². The van der Waals surface area contributed by atoms with Gasteiger partial charge in [-0.25, -0.2) is 4.79 Å². The van der Waals surface area contributed by atoms with Gasteiger partial charge in [-0.3, -0.25) is 14.4 Å². The largest absolute Gasteiger partial charge is 0.480 e. The van der Waals surface area contributed by atoms with Gasteiger partial charge in [0.2, 0.25) is 17.7 Å². The minimum Gasteiger partial charge on any atom is -0.480 e. The molecular formula is C25H37N5O6. The molecule has 3 amide bonds. The molecule has 0 radical (unpaired) electrons. The van der Waals surface area contributed by atoms with Crippen molar-refractivity contribution in [2.45, 2.75) is 71.3 Å². The van der Waals surface area contributed by atoms with E-state index in [2.05, 4.69) is 20.9 Å². The molecule has 2 rings (SSSR count). The number of hydrogen-bond donors (Lipinski definition) is 7. The number of aromatic nitrogens is 1. The number of rotatable bonds is 12. The first-order valence-electron chi connectivity index (χ1n) is 12.0. The van der Waals surface area contributed by atoms with Gasteiger partial charge in [-0.2, -0.15) is 0 Å². The first kappa shape index (κ1) is 28.8. The fraction of sp³-hybridized carbons (Fsp3) is 0.520. The van der Waals surface area contributed by atoms with Crippen molar-refractivity contribution in [3.05, 3.63) is 36.0 Å². The van der Waals surface area contributed by atoms with Gasteiger partial charge in [0.05, 0.1) is 12.1 Å². The summed E-state index contributed by atoms with van der Waals surface area (Å²) in [5.74, 6) is -3.87. The van der Waals surface area contributed by atoms with Crippen LogP contribution >= 0.6 is 0 Å². The third-order valence-electron chi connectivity index (χ3n) is 6.05. The zero-order valence-corrected chi connectivity index (χ0v) is 21.2. The second-order valence-corrected chi connectivity index (χ2v) is 9.69. The number of benzene rings is 1. The van der Waals surface area contributed by atoms with E-state index in [1.807, 2.05) is 24.3 Å². The van der Waals surface area contributed by atoms with E-state index in [0.717, 1.165) is 16.5 Å².